The molecule has 2 unspecified atom stereocenters. The smallest absolute Gasteiger partial charge is 0.320 e. The van der Waals surface area contributed by atoms with Crippen molar-refractivity contribution in [1.82, 2.24) is 0 Å². The molecular weight excluding hydrogens is 146 g/mol. The van der Waals surface area contributed by atoms with Gasteiger partial charge in [0.2, 0.25) is 0 Å². The predicted molar refractivity (Wildman–Crippen MR) is 39.0 cm³/mol. The highest BCUT2D eigenvalue weighted by Crippen LogP contribution is 2.44. The van der Waals surface area contributed by atoms with Crippen LogP contribution in [0.25, 0.3) is 0 Å². The number of carboxylic acid groups (broad SMARTS) is 1. The third kappa shape index (κ3) is 1.51. The second kappa shape index (κ2) is 2.54. The Hall–Kier alpha value is -1.03. The fourth-order valence-electron chi connectivity index (χ4n) is 1.18. The van der Waals surface area contributed by atoms with E-state index in [9.17, 15) is 4.79 Å². The predicted octanol–water partition coefficient (Wildman–Crippen LogP) is 0.106. The molecule has 0 aromatic heterocycles. The maximum absolute atomic E-state index is 10.3. The Morgan fingerprint density at radius 3 is 2.45 bits per heavy atom. The molecule has 1 aliphatic carbocycles. The number of carbonyl (C=O) groups is 1. The Balaban J connectivity index is 2.43. The van der Waals surface area contributed by atoms with Crippen LogP contribution in [0.15, 0.2) is 12.3 Å². The summed E-state index contributed by atoms with van der Waals surface area (Å²) >= 11 is 0. The molecule has 0 heterocycles. The molecule has 0 bridgehead atoms. The second-order valence-electron chi connectivity index (χ2n) is 2.86. The van der Waals surface area contributed by atoms with Gasteiger partial charge in [-0.05, 0) is 12.3 Å². The summed E-state index contributed by atoms with van der Waals surface area (Å²) in [5.41, 5.74) is 5.30. The highest BCUT2D eigenvalue weighted by molar-refractivity contribution is 5.74. The quantitative estimate of drug-likeness (QED) is 0.507. The standard InChI is InChI=1S/C7H11NO3/c1-3(9)4-2-5(4)6(8)7(10)11/h4-6,9H,1-2,8H2,(H,10,11)/t4?,5-,6?/m1/s1. The summed E-state index contributed by atoms with van der Waals surface area (Å²) in [5.74, 6) is -1.18. The summed E-state index contributed by atoms with van der Waals surface area (Å²) < 4.78 is 0. The SMILES string of the molecule is C=C(O)C1C[C@H]1C(N)C(=O)O. The van der Waals surface area contributed by atoms with E-state index >= 15 is 0 Å². The molecule has 4 nitrogen and oxygen atoms in total. The first-order valence-electron chi connectivity index (χ1n) is 3.40. The number of aliphatic carboxylic acids is 1. The molecule has 0 aromatic rings. The lowest BCUT2D eigenvalue weighted by atomic mass is 10.1. The molecule has 3 atom stereocenters. The van der Waals surface area contributed by atoms with Crippen molar-refractivity contribution in [3.05, 3.63) is 12.3 Å². The normalized spacial score (nSPS) is 31.0. The van der Waals surface area contributed by atoms with E-state index < -0.39 is 12.0 Å². The molecule has 11 heavy (non-hydrogen) atoms. The van der Waals surface area contributed by atoms with Crippen molar-refractivity contribution < 1.29 is 15.0 Å². The van der Waals surface area contributed by atoms with Crippen LogP contribution >= 0.6 is 0 Å². The summed E-state index contributed by atoms with van der Waals surface area (Å²) in [6.07, 6.45) is 0.642. The van der Waals surface area contributed by atoms with E-state index in [0.29, 0.717) is 6.42 Å². The maximum atomic E-state index is 10.3. The Bertz CT molecular complexity index is 202. The fourth-order valence-corrected chi connectivity index (χ4v) is 1.18. The lowest BCUT2D eigenvalue weighted by molar-refractivity contribution is -0.139. The highest BCUT2D eigenvalue weighted by atomic mass is 16.4. The first-order chi connectivity index (χ1) is 5.04. The van der Waals surface area contributed by atoms with Gasteiger partial charge in [-0.15, -0.1) is 0 Å². The number of aliphatic hydroxyl groups is 1. The number of allylic oxidation sites excluding steroid dienone is 1. The summed E-state index contributed by atoms with van der Waals surface area (Å²) in [7, 11) is 0. The first kappa shape index (κ1) is 8.07. The molecule has 4 heteroatoms. The Labute approximate surface area is 64.3 Å². The minimum Gasteiger partial charge on any atom is -0.513 e. The summed E-state index contributed by atoms with van der Waals surface area (Å²) in [4.78, 5) is 10.3. The van der Waals surface area contributed by atoms with Crippen molar-refractivity contribution in [2.24, 2.45) is 17.6 Å². The van der Waals surface area contributed by atoms with Crippen LogP contribution in [0.2, 0.25) is 0 Å². The van der Waals surface area contributed by atoms with E-state index in [1.54, 1.807) is 0 Å². The largest absolute Gasteiger partial charge is 0.513 e. The van der Waals surface area contributed by atoms with Gasteiger partial charge in [0, 0.05) is 5.92 Å². The van der Waals surface area contributed by atoms with E-state index in [1.807, 2.05) is 0 Å². The lowest BCUT2D eigenvalue weighted by Crippen LogP contribution is -2.32. The van der Waals surface area contributed by atoms with Crippen LogP contribution in [0, 0.1) is 11.8 Å². The van der Waals surface area contributed by atoms with Crippen molar-refractivity contribution in [3.8, 4) is 0 Å². The number of aliphatic hydroxyl groups excluding tert-OH is 1. The van der Waals surface area contributed by atoms with Crippen LogP contribution in [-0.2, 0) is 4.79 Å². The Kier molecular flexibility index (Phi) is 1.87. The van der Waals surface area contributed by atoms with Crippen LogP contribution in [0.5, 0.6) is 0 Å². The van der Waals surface area contributed by atoms with Gasteiger partial charge in [0.05, 0.1) is 5.76 Å². The fraction of sp³-hybridized carbons (Fsp3) is 0.571. The number of carboxylic acids is 1. The van der Waals surface area contributed by atoms with Crippen LogP contribution in [-0.4, -0.2) is 22.2 Å². The van der Waals surface area contributed by atoms with E-state index in [4.69, 9.17) is 15.9 Å². The Morgan fingerprint density at radius 2 is 2.18 bits per heavy atom. The monoisotopic (exact) mass is 157 g/mol. The van der Waals surface area contributed by atoms with Gasteiger partial charge in [-0.25, -0.2) is 0 Å². The van der Waals surface area contributed by atoms with Gasteiger partial charge in [-0.3, -0.25) is 4.79 Å². The van der Waals surface area contributed by atoms with Crippen LogP contribution in [0.3, 0.4) is 0 Å². The number of nitrogens with two attached hydrogens (primary N) is 1. The summed E-state index contributed by atoms with van der Waals surface area (Å²) in [6.45, 7) is 3.32. The third-order valence-electron chi connectivity index (χ3n) is 2.01. The van der Waals surface area contributed by atoms with Gasteiger partial charge in [-0.1, -0.05) is 6.58 Å². The first-order valence-corrected chi connectivity index (χ1v) is 3.40. The van der Waals surface area contributed by atoms with Gasteiger partial charge in [-0.2, -0.15) is 0 Å². The highest BCUT2D eigenvalue weighted by Gasteiger charge is 2.46. The molecule has 62 valence electrons. The third-order valence-corrected chi connectivity index (χ3v) is 2.01. The molecule has 1 fully saturated rings. The molecule has 0 aromatic carbocycles. The topological polar surface area (TPSA) is 83.5 Å². The minimum absolute atomic E-state index is 0.0479. The average molecular weight is 157 g/mol. The van der Waals surface area contributed by atoms with Gasteiger partial charge in [0.15, 0.2) is 0 Å². The molecule has 0 aliphatic heterocycles. The van der Waals surface area contributed by atoms with Crippen LogP contribution in [0.4, 0.5) is 0 Å². The van der Waals surface area contributed by atoms with E-state index in [-0.39, 0.29) is 17.6 Å². The van der Waals surface area contributed by atoms with Crippen molar-refractivity contribution in [1.29, 1.82) is 0 Å². The zero-order chi connectivity index (χ0) is 8.59. The molecule has 4 N–H and O–H groups in total. The molecule has 0 amide bonds. The van der Waals surface area contributed by atoms with E-state index in [0.717, 1.165) is 0 Å². The zero-order valence-corrected chi connectivity index (χ0v) is 6.03. The van der Waals surface area contributed by atoms with Crippen molar-refractivity contribution >= 4 is 5.97 Å². The van der Waals surface area contributed by atoms with Crippen molar-refractivity contribution in [2.45, 2.75) is 12.5 Å². The van der Waals surface area contributed by atoms with Gasteiger partial charge in [0.1, 0.15) is 6.04 Å². The van der Waals surface area contributed by atoms with Gasteiger partial charge >= 0.3 is 5.97 Å². The minimum atomic E-state index is -1.02. The zero-order valence-electron chi connectivity index (χ0n) is 6.03. The van der Waals surface area contributed by atoms with Gasteiger partial charge < -0.3 is 15.9 Å². The van der Waals surface area contributed by atoms with Crippen molar-refractivity contribution in [3.63, 3.8) is 0 Å². The molecular formula is C7H11NO3. The van der Waals surface area contributed by atoms with Gasteiger partial charge in [0.25, 0.3) is 0 Å². The number of hydrogen-bond donors (Lipinski definition) is 3. The number of rotatable bonds is 3. The summed E-state index contributed by atoms with van der Waals surface area (Å²) in [5, 5.41) is 17.3. The number of hydrogen-bond acceptors (Lipinski definition) is 3. The molecule has 1 aliphatic rings. The molecule has 0 radical (unpaired) electrons. The maximum Gasteiger partial charge on any atom is 0.320 e. The van der Waals surface area contributed by atoms with Crippen molar-refractivity contribution in [2.75, 3.05) is 0 Å². The second-order valence-corrected chi connectivity index (χ2v) is 2.86. The van der Waals surface area contributed by atoms with E-state index in [2.05, 4.69) is 6.58 Å². The lowest BCUT2D eigenvalue weighted by Gasteiger charge is -2.03. The molecule has 0 saturated heterocycles. The Morgan fingerprint density at radius 1 is 1.64 bits per heavy atom. The van der Waals surface area contributed by atoms with E-state index in [1.165, 1.54) is 0 Å². The van der Waals surface area contributed by atoms with Crippen LogP contribution < -0.4 is 5.73 Å². The van der Waals surface area contributed by atoms with Crippen LogP contribution in [0.1, 0.15) is 6.42 Å². The average Bonchev–Trinajstić information content (AvgIpc) is 2.63. The molecule has 1 saturated carbocycles. The summed E-state index contributed by atoms with van der Waals surface area (Å²) in [6, 6.07) is -0.858. The molecule has 1 rings (SSSR count). The molecule has 0 spiro atoms.